The number of fused-ring (bicyclic) bond motifs is 5. The van der Waals surface area contributed by atoms with Gasteiger partial charge in [0.15, 0.2) is 5.78 Å². The minimum absolute atomic E-state index is 0.0385. The summed E-state index contributed by atoms with van der Waals surface area (Å²) in [4.78, 5) is 24.2. The molecule has 0 spiro atoms. The zero-order valence-corrected chi connectivity index (χ0v) is 13.6. The van der Waals surface area contributed by atoms with Gasteiger partial charge in [0.2, 0.25) is 0 Å². The van der Waals surface area contributed by atoms with Crippen molar-refractivity contribution in [1.82, 2.24) is 0 Å². The van der Waals surface area contributed by atoms with E-state index in [2.05, 4.69) is 13.8 Å². The Balaban J connectivity index is 1.75. The van der Waals surface area contributed by atoms with Crippen LogP contribution in [0.5, 0.6) is 0 Å². The zero-order chi connectivity index (χ0) is 15.7. The van der Waals surface area contributed by atoms with E-state index in [0.29, 0.717) is 36.9 Å². The molecule has 4 aliphatic rings. The largest absolute Gasteiger partial charge is 0.393 e. The van der Waals surface area contributed by atoms with Gasteiger partial charge in [-0.1, -0.05) is 19.4 Å². The molecular weight excluding hydrogens is 276 g/mol. The summed E-state index contributed by atoms with van der Waals surface area (Å²) in [5.74, 6) is 1.71. The summed E-state index contributed by atoms with van der Waals surface area (Å²) in [5.41, 5.74) is 0.920. The average molecular weight is 302 g/mol. The number of aliphatic hydroxyl groups is 1. The molecule has 0 unspecified atom stereocenters. The third-order valence-corrected chi connectivity index (χ3v) is 7.61. The van der Waals surface area contributed by atoms with Gasteiger partial charge in [-0.25, -0.2) is 0 Å². The SMILES string of the molecule is C[C@]12CCC(=O)C=C1CC[C@H]1[C@H]2[C@H](O)C[C@]2(C)C(=O)CC[C@H]12. The van der Waals surface area contributed by atoms with E-state index in [-0.39, 0.29) is 22.5 Å². The van der Waals surface area contributed by atoms with Crippen molar-refractivity contribution in [3.63, 3.8) is 0 Å². The maximum atomic E-state index is 12.4. The lowest BCUT2D eigenvalue weighted by Gasteiger charge is -2.58. The Kier molecular flexibility index (Phi) is 3.01. The Morgan fingerprint density at radius 1 is 1.09 bits per heavy atom. The first kappa shape index (κ1) is 14.6. The molecule has 3 heteroatoms. The van der Waals surface area contributed by atoms with Crippen LogP contribution in [0, 0.1) is 28.6 Å². The van der Waals surface area contributed by atoms with Crippen LogP contribution in [0.2, 0.25) is 0 Å². The second-order valence-electron chi connectivity index (χ2n) is 8.54. The number of hydrogen-bond donors (Lipinski definition) is 1. The summed E-state index contributed by atoms with van der Waals surface area (Å²) in [7, 11) is 0. The van der Waals surface area contributed by atoms with Crippen LogP contribution < -0.4 is 0 Å². The topological polar surface area (TPSA) is 54.4 Å². The molecule has 0 bridgehead atoms. The molecule has 0 saturated heterocycles. The molecule has 6 atom stereocenters. The lowest BCUT2D eigenvalue weighted by atomic mass is 9.46. The minimum Gasteiger partial charge on any atom is -0.393 e. The Hall–Kier alpha value is -0.960. The van der Waals surface area contributed by atoms with Crippen LogP contribution in [-0.2, 0) is 9.59 Å². The van der Waals surface area contributed by atoms with E-state index in [1.807, 2.05) is 6.08 Å². The summed E-state index contributed by atoms with van der Waals surface area (Å²) in [5, 5.41) is 10.9. The van der Waals surface area contributed by atoms with E-state index < -0.39 is 6.10 Å². The number of aliphatic hydroxyl groups excluding tert-OH is 1. The van der Waals surface area contributed by atoms with Crippen LogP contribution in [-0.4, -0.2) is 22.8 Å². The van der Waals surface area contributed by atoms with Crippen LogP contribution in [0.1, 0.15) is 58.8 Å². The van der Waals surface area contributed by atoms with Crippen molar-refractivity contribution in [2.45, 2.75) is 64.9 Å². The van der Waals surface area contributed by atoms with Crippen molar-refractivity contribution in [2.24, 2.45) is 28.6 Å². The van der Waals surface area contributed by atoms with Gasteiger partial charge >= 0.3 is 0 Å². The Labute approximate surface area is 132 Å². The van der Waals surface area contributed by atoms with Gasteiger partial charge in [-0.3, -0.25) is 9.59 Å². The molecule has 0 aromatic rings. The molecule has 4 rings (SSSR count). The van der Waals surface area contributed by atoms with Gasteiger partial charge in [-0.2, -0.15) is 0 Å². The van der Waals surface area contributed by atoms with Gasteiger partial charge in [0.25, 0.3) is 0 Å². The minimum atomic E-state index is -0.407. The summed E-state index contributed by atoms with van der Waals surface area (Å²) >= 11 is 0. The quantitative estimate of drug-likeness (QED) is 0.748. The molecule has 120 valence electrons. The molecule has 3 nitrogen and oxygen atoms in total. The van der Waals surface area contributed by atoms with Gasteiger partial charge in [-0.15, -0.1) is 0 Å². The van der Waals surface area contributed by atoms with Crippen molar-refractivity contribution in [3.05, 3.63) is 11.6 Å². The molecule has 3 fully saturated rings. The highest BCUT2D eigenvalue weighted by Gasteiger charge is 2.61. The molecule has 0 amide bonds. The van der Waals surface area contributed by atoms with Gasteiger partial charge in [0.1, 0.15) is 5.78 Å². The first-order valence-corrected chi connectivity index (χ1v) is 8.81. The van der Waals surface area contributed by atoms with Gasteiger partial charge < -0.3 is 5.11 Å². The lowest BCUT2D eigenvalue weighted by molar-refractivity contribution is -0.147. The highest BCUT2D eigenvalue weighted by molar-refractivity contribution is 5.91. The van der Waals surface area contributed by atoms with Crippen molar-refractivity contribution in [2.75, 3.05) is 0 Å². The Bertz CT molecular complexity index is 577. The van der Waals surface area contributed by atoms with Crippen LogP contribution in [0.25, 0.3) is 0 Å². The molecule has 0 aliphatic heterocycles. The highest BCUT2D eigenvalue weighted by atomic mass is 16.3. The van der Waals surface area contributed by atoms with Gasteiger partial charge in [0.05, 0.1) is 6.10 Å². The smallest absolute Gasteiger partial charge is 0.155 e. The summed E-state index contributed by atoms with van der Waals surface area (Å²) in [6.07, 6.45) is 7.24. The predicted molar refractivity (Wildman–Crippen MR) is 83.1 cm³/mol. The number of carbonyl (C=O) groups excluding carboxylic acids is 2. The second-order valence-corrected chi connectivity index (χ2v) is 8.54. The Morgan fingerprint density at radius 3 is 2.64 bits per heavy atom. The van der Waals surface area contributed by atoms with Crippen LogP contribution in [0.15, 0.2) is 11.6 Å². The molecule has 0 aromatic carbocycles. The first-order chi connectivity index (χ1) is 10.4. The average Bonchev–Trinajstić information content (AvgIpc) is 2.75. The molecule has 4 aliphatic carbocycles. The van der Waals surface area contributed by atoms with E-state index in [0.717, 1.165) is 25.7 Å². The standard InChI is InChI=1S/C19H26O3/c1-18-8-7-12(20)9-11(18)3-4-13-14-5-6-16(22)19(14,2)10-15(21)17(13)18/h9,13-15,17,21H,3-8,10H2,1-2H3/t13-,14-,15-,17+,18+,19+/m1/s1. The maximum Gasteiger partial charge on any atom is 0.155 e. The predicted octanol–water partition coefficient (Wildman–Crippen LogP) is 3.06. The van der Waals surface area contributed by atoms with E-state index >= 15 is 0 Å². The molecule has 0 heterocycles. The highest BCUT2D eigenvalue weighted by Crippen LogP contribution is 2.64. The van der Waals surface area contributed by atoms with Gasteiger partial charge in [-0.05, 0) is 61.3 Å². The van der Waals surface area contributed by atoms with Crippen molar-refractivity contribution < 1.29 is 14.7 Å². The Morgan fingerprint density at radius 2 is 1.86 bits per heavy atom. The third kappa shape index (κ3) is 1.72. The second kappa shape index (κ2) is 4.53. The normalized spacial score (nSPS) is 51.0. The fraction of sp³-hybridized carbons (Fsp3) is 0.789. The third-order valence-electron chi connectivity index (χ3n) is 7.61. The molecule has 0 radical (unpaired) electrons. The zero-order valence-electron chi connectivity index (χ0n) is 13.6. The molecule has 22 heavy (non-hydrogen) atoms. The fourth-order valence-electron chi connectivity index (χ4n) is 6.46. The first-order valence-electron chi connectivity index (χ1n) is 8.81. The van der Waals surface area contributed by atoms with E-state index in [1.54, 1.807) is 0 Å². The monoisotopic (exact) mass is 302 g/mol. The van der Waals surface area contributed by atoms with Crippen molar-refractivity contribution >= 4 is 11.6 Å². The van der Waals surface area contributed by atoms with E-state index in [1.165, 1.54) is 5.57 Å². The van der Waals surface area contributed by atoms with Crippen molar-refractivity contribution in [1.29, 1.82) is 0 Å². The molecule has 1 N–H and O–H groups in total. The number of carbonyl (C=O) groups is 2. The van der Waals surface area contributed by atoms with Crippen LogP contribution in [0.3, 0.4) is 0 Å². The van der Waals surface area contributed by atoms with E-state index in [9.17, 15) is 14.7 Å². The van der Waals surface area contributed by atoms with Crippen LogP contribution >= 0.6 is 0 Å². The van der Waals surface area contributed by atoms with Gasteiger partial charge in [0, 0.05) is 18.3 Å². The number of hydrogen-bond acceptors (Lipinski definition) is 3. The maximum absolute atomic E-state index is 12.4. The molecule has 0 aromatic heterocycles. The number of rotatable bonds is 0. The number of Topliss-reactive ketones (excluding diaryl/α,β-unsaturated/α-hetero) is 1. The number of allylic oxidation sites excluding steroid dienone is 1. The van der Waals surface area contributed by atoms with Crippen molar-refractivity contribution in [3.8, 4) is 0 Å². The van der Waals surface area contributed by atoms with Crippen LogP contribution in [0.4, 0.5) is 0 Å². The summed E-state index contributed by atoms with van der Waals surface area (Å²) < 4.78 is 0. The molecule has 3 saturated carbocycles. The van der Waals surface area contributed by atoms with E-state index in [4.69, 9.17) is 0 Å². The summed E-state index contributed by atoms with van der Waals surface area (Å²) in [6.45, 7) is 4.34. The lowest BCUT2D eigenvalue weighted by Crippen LogP contribution is -2.56. The summed E-state index contributed by atoms with van der Waals surface area (Å²) in [6, 6.07) is 0. The number of ketones is 2. The molecular formula is C19H26O3. The fourth-order valence-corrected chi connectivity index (χ4v) is 6.46.